The van der Waals surface area contributed by atoms with Gasteiger partial charge in [-0.3, -0.25) is 4.90 Å². The number of anilines is 1. The van der Waals surface area contributed by atoms with E-state index in [1.807, 2.05) is 30.3 Å². The fourth-order valence-corrected chi connectivity index (χ4v) is 5.11. The lowest BCUT2D eigenvalue weighted by molar-refractivity contribution is 0.326. The van der Waals surface area contributed by atoms with Gasteiger partial charge in [-0.25, -0.2) is 27.3 Å². The molecule has 6 nitrogen and oxygen atoms in total. The standard InChI is InChI=1S/C24H25F3N4O2S/c1-30(18-10-11-31(15-18)14-16-6-3-2-4-7-16)21-13-20(25)24(34(28,32)33)23(27)19(21)12-17-8-5-9-22(26)29-17/h2-9,13,18H,10-12,14-15H2,1H3,(H2,28,32,33)/t18-/m0/s1. The van der Waals surface area contributed by atoms with Crippen molar-refractivity contribution in [1.29, 1.82) is 0 Å². The van der Waals surface area contributed by atoms with Gasteiger partial charge in [0.15, 0.2) is 10.7 Å². The fourth-order valence-electron chi connectivity index (χ4n) is 4.41. The minimum absolute atomic E-state index is 0.0675. The van der Waals surface area contributed by atoms with E-state index >= 15 is 4.39 Å². The van der Waals surface area contributed by atoms with Crippen LogP contribution < -0.4 is 10.0 Å². The first-order valence-electron chi connectivity index (χ1n) is 10.8. The summed E-state index contributed by atoms with van der Waals surface area (Å²) < 4.78 is 67.6. The Kier molecular flexibility index (Phi) is 6.92. The Balaban J connectivity index is 1.67. The number of hydrogen-bond acceptors (Lipinski definition) is 5. The number of primary sulfonamides is 1. The molecule has 1 fully saturated rings. The fraction of sp³-hybridized carbons (Fsp3) is 0.292. The molecule has 1 atom stereocenters. The van der Waals surface area contributed by atoms with Crippen LogP contribution in [0.1, 0.15) is 23.2 Å². The molecule has 34 heavy (non-hydrogen) atoms. The first-order chi connectivity index (χ1) is 16.1. The van der Waals surface area contributed by atoms with Gasteiger partial charge in [-0.2, -0.15) is 4.39 Å². The van der Waals surface area contributed by atoms with Gasteiger partial charge in [0.1, 0.15) is 5.82 Å². The Morgan fingerprint density at radius 1 is 1.12 bits per heavy atom. The quantitative estimate of drug-likeness (QED) is 0.514. The van der Waals surface area contributed by atoms with Crippen LogP contribution in [0.25, 0.3) is 0 Å². The molecule has 2 aromatic carbocycles. The van der Waals surface area contributed by atoms with E-state index < -0.39 is 32.5 Å². The van der Waals surface area contributed by atoms with Crippen LogP contribution in [0.5, 0.6) is 0 Å². The maximum atomic E-state index is 15.4. The monoisotopic (exact) mass is 490 g/mol. The number of pyridine rings is 1. The number of likely N-dealkylation sites (tertiary alicyclic amines) is 1. The number of benzene rings is 2. The lowest BCUT2D eigenvalue weighted by Gasteiger charge is -2.30. The third kappa shape index (κ3) is 5.24. The molecule has 10 heteroatoms. The van der Waals surface area contributed by atoms with Crippen molar-refractivity contribution in [1.82, 2.24) is 9.88 Å². The van der Waals surface area contributed by atoms with Crippen LogP contribution in [0, 0.1) is 17.6 Å². The number of nitrogens with zero attached hydrogens (tertiary/aromatic N) is 3. The number of likely N-dealkylation sites (N-methyl/N-ethyl adjacent to an activating group) is 1. The van der Waals surface area contributed by atoms with E-state index in [9.17, 15) is 17.2 Å². The first-order valence-corrected chi connectivity index (χ1v) is 12.3. The van der Waals surface area contributed by atoms with E-state index in [1.165, 1.54) is 17.7 Å². The van der Waals surface area contributed by atoms with Crippen LogP contribution in [-0.2, 0) is 23.0 Å². The van der Waals surface area contributed by atoms with Gasteiger partial charge in [0, 0.05) is 56.1 Å². The predicted molar refractivity (Wildman–Crippen MR) is 123 cm³/mol. The summed E-state index contributed by atoms with van der Waals surface area (Å²) in [6.07, 6.45) is 0.522. The molecule has 180 valence electrons. The van der Waals surface area contributed by atoms with Gasteiger partial charge in [-0.1, -0.05) is 36.4 Å². The molecule has 0 saturated carbocycles. The predicted octanol–water partition coefficient (Wildman–Crippen LogP) is 3.45. The Morgan fingerprint density at radius 3 is 2.53 bits per heavy atom. The highest BCUT2D eigenvalue weighted by Gasteiger charge is 2.31. The van der Waals surface area contributed by atoms with Crippen LogP contribution >= 0.6 is 0 Å². The van der Waals surface area contributed by atoms with Crippen molar-refractivity contribution in [3.63, 3.8) is 0 Å². The average molecular weight is 491 g/mol. The van der Waals surface area contributed by atoms with Crippen LogP contribution in [0.3, 0.4) is 0 Å². The number of hydrogen-bond donors (Lipinski definition) is 1. The Morgan fingerprint density at radius 2 is 1.85 bits per heavy atom. The molecule has 2 heterocycles. The molecule has 3 aromatic rings. The molecule has 0 unspecified atom stereocenters. The minimum Gasteiger partial charge on any atom is -0.370 e. The molecule has 0 bridgehead atoms. The molecular formula is C24H25F3N4O2S. The smallest absolute Gasteiger partial charge is 0.243 e. The molecule has 0 amide bonds. The summed E-state index contributed by atoms with van der Waals surface area (Å²) in [5, 5.41) is 5.08. The van der Waals surface area contributed by atoms with Gasteiger partial charge in [0.2, 0.25) is 16.0 Å². The van der Waals surface area contributed by atoms with Gasteiger partial charge >= 0.3 is 0 Å². The van der Waals surface area contributed by atoms with Crippen LogP contribution in [-0.4, -0.2) is 44.5 Å². The van der Waals surface area contributed by atoms with Gasteiger partial charge < -0.3 is 4.90 Å². The highest BCUT2D eigenvalue weighted by molar-refractivity contribution is 7.89. The van der Waals surface area contributed by atoms with Crippen LogP contribution in [0.2, 0.25) is 0 Å². The van der Waals surface area contributed by atoms with E-state index in [0.29, 0.717) is 6.54 Å². The molecule has 1 aromatic heterocycles. The number of rotatable bonds is 7. The number of aromatic nitrogens is 1. The van der Waals surface area contributed by atoms with Crippen molar-refractivity contribution in [3.05, 3.63) is 89.0 Å². The van der Waals surface area contributed by atoms with Crippen LogP contribution in [0.15, 0.2) is 59.5 Å². The molecule has 2 N–H and O–H groups in total. The maximum absolute atomic E-state index is 15.4. The number of halogens is 3. The second-order valence-corrected chi connectivity index (χ2v) is 9.94. The Labute approximate surface area is 196 Å². The van der Waals surface area contributed by atoms with Gasteiger partial charge in [0.05, 0.1) is 0 Å². The van der Waals surface area contributed by atoms with Crippen molar-refractivity contribution in [2.45, 2.75) is 30.3 Å². The molecule has 4 rings (SSSR count). The largest absolute Gasteiger partial charge is 0.370 e. The highest BCUT2D eigenvalue weighted by atomic mass is 32.2. The number of sulfonamides is 1. The minimum atomic E-state index is -4.66. The molecule has 1 saturated heterocycles. The van der Waals surface area contributed by atoms with Gasteiger partial charge in [-0.05, 0) is 30.2 Å². The van der Waals surface area contributed by atoms with Crippen molar-refractivity contribution in [3.8, 4) is 0 Å². The zero-order valence-electron chi connectivity index (χ0n) is 18.6. The van der Waals surface area contributed by atoms with E-state index in [1.54, 1.807) is 11.9 Å². The second kappa shape index (κ2) is 9.73. The molecule has 0 spiro atoms. The Bertz CT molecular complexity index is 1290. The molecule has 1 aliphatic heterocycles. The van der Waals surface area contributed by atoms with E-state index in [0.717, 1.165) is 31.6 Å². The number of nitrogens with two attached hydrogens (primary N) is 1. The highest BCUT2D eigenvalue weighted by Crippen LogP contribution is 2.34. The SMILES string of the molecule is CN(c1cc(F)c(S(N)(=O)=O)c(F)c1Cc1cccc(F)n1)[C@H]1CCN(Cc2ccccc2)C1. The van der Waals surface area contributed by atoms with E-state index in [2.05, 4.69) is 9.88 Å². The Hall–Kier alpha value is -2.95. The summed E-state index contributed by atoms with van der Waals surface area (Å²) in [5.74, 6) is -3.31. The third-order valence-corrected chi connectivity index (χ3v) is 7.04. The molecule has 1 aliphatic rings. The molecule has 0 radical (unpaired) electrons. The van der Waals surface area contributed by atoms with Crippen molar-refractivity contribution < 1.29 is 21.6 Å². The molecule has 0 aliphatic carbocycles. The summed E-state index contributed by atoms with van der Waals surface area (Å²) in [6.45, 7) is 2.20. The molecular weight excluding hydrogens is 465 g/mol. The summed E-state index contributed by atoms with van der Waals surface area (Å²) >= 11 is 0. The first kappa shape index (κ1) is 24.2. The van der Waals surface area contributed by atoms with Crippen molar-refractivity contribution in [2.75, 3.05) is 25.0 Å². The van der Waals surface area contributed by atoms with Crippen molar-refractivity contribution in [2.24, 2.45) is 5.14 Å². The summed E-state index contributed by atoms with van der Waals surface area (Å²) in [5.41, 5.74) is 1.42. The second-order valence-electron chi connectivity index (χ2n) is 8.45. The van der Waals surface area contributed by atoms with E-state index in [-0.39, 0.29) is 29.4 Å². The van der Waals surface area contributed by atoms with Gasteiger partial charge in [0.25, 0.3) is 0 Å². The lowest BCUT2D eigenvalue weighted by atomic mass is 10.0. The summed E-state index contributed by atoms with van der Waals surface area (Å²) in [7, 11) is -2.95. The summed E-state index contributed by atoms with van der Waals surface area (Å²) in [6, 6.07) is 14.9. The zero-order chi connectivity index (χ0) is 24.5. The maximum Gasteiger partial charge on any atom is 0.243 e. The topological polar surface area (TPSA) is 79.5 Å². The normalized spacial score (nSPS) is 16.7. The van der Waals surface area contributed by atoms with E-state index in [4.69, 9.17) is 5.14 Å². The van der Waals surface area contributed by atoms with Gasteiger partial charge in [-0.15, -0.1) is 0 Å². The third-order valence-electron chi connectivity index (χ3n) is 6.09. The summed E-state index contributed by atoms with van der Waals surface area (Å²) in [4.78, 5) is 6.54. The van der Waals surface area contributed by atoms with Crippen LogP contribution in [0.4, 0.5) is 18.9 Å². The lowest BCUT2D eigenvalue weighted by Crippen LogP contribution is -2.35. The zero-order valence-corrected chi connectivity index (χ0v) is 19.4. The average Bonchev–Trinajstić information content (AvgIpc) is 3.23. The van der Waals surface area contributed by atoms with Crippen molar-refractivity contribution >= 4 is 15.7 Å².